The van der Waals surface area contributed by atoms with Crippen molar-refractivity contribution in [3.05, 3.63) is 85.3 Å². The first-order valence-electron chi connectivity index (χ1n) is 10.8. The minimum absolute atomic E-state index is 0.205. The summed E-state index contributed by atoms with van der Waals surface area (Å²) in [4.78, 5) is 24.9. The number of carbonyl (C=O) groups is 1. The lowest BCUT2D eigenvalue weighted by Gasteiger charge is -2.16. The van der Waals surface area contributed by atoms with Crippen LogP contribution in [0.3, 0.4) is 0 Å². The molecule has 1 atom stereocenters. The van der Waals surface area contributed by atoms with E-state index in [4.69, 9.17) is 9.90 Å². The molecule has 2 N–H and O–H groups in total. The van der Waals surface area contributed by atoms with Crippen molar-refractivity contribution in [3.63, 3.8) is 0 Å². The van der Waals surface area contributed by atoms with Gasteiger partial charge in [0.1, 0.15) is 12.0 Å². The Balaban J connectivity index is 0.000000405. The molecular formula is C25H18F3N7O2. The van der Waals surface area contributed by atoms with Crippen LogP contribution < -0.4 is 0 Å². The van der Waals surface area contributed by atoms with Gasteiger partial charge in [0.25, 0.3) is 0 Å². The van der Waals surface area contributed by atoms with Crippen LogP contribution in [0.2, 0.25) is 0 Å². The van der Waals surface area contributed by atoms with Gasteiger partial charge in [0.05, 0.1) is 30.4 Å². The van der Waals surface area contributed by atoms with Gasteiger partial charge in [-0.05, 0) is 34.9 Å². The van der Waals surface area contributed by atoms with Gasteiger partial charge >= 0.3 is 12.1 Å². The molecule has 186 valence electrons. The first kappa shape index (κ1) is 25.1. The van der Waals surface area contributed by atoms with Gasteiger partial charge in [-0.15, -0.1) is 0 Å². The van der Waals surface area contributed by atoms with E-state index < -0.39 is 12.1 Å². The van der Waals surface area contributed by atoms with Crippen molar-refractivity contribution >= 4 is 17.0 Å². The number of nitriles is 1. The van der Waals surface area contributed by atoms with Crippen molar-refractivity contribution in [1.29, 1.82) is 5.26 Å². The fourth-order valence-corrected chi connectivity index (χ4v) is 3.64. The second kappa shape index (κ2) is 10.7. The summed E-state index contributed by atoms with van der Waals surface area (Å²) in [5.41, 5.74) is 5.58. The van der Waals surface area contributed by atoms with Crippen LogP contribution >= 0.6 is 0 Å². The monoisotopic (exact) mass is 505 g/mol. The minimum Gasteiger partial charge on any atom is -0.475 e. The van der Waals surface area contributed by atoms with Crippen molar-refractivity contribution in [2.24, 2.45) is 0 Å². The lowest BCUT2D eigenvalue weighted by atomic mass is 9.99. The van der Waals surface area contributed by atoms with Crippen molar-refractivity contribution in [3.8, 4) is 28.5 Å². The van der Waals surface area contributed by atoms with Gasteiger partial charge in [-0.3, -0.25) is 9.67 Å². The number of H-pyrrole nitrogens is 1. The SMILES string of the molecule is N#CCC(c1cccc(-c2cccnc2)c1)n1cc(-c2ncnc3[nH]ccc23)cn1.O=C(O)C(F)(F)F. The number of halogens is 3. The highest BCUT2D eigenvalue weighted by molar-refractivity contribution is 5.90. The van der Waals surface area contributed by atoms with Crippen LogP contribution in [0.5, 0.6) is 0 Å². The quantitative estimate of drug-likeness (QED) is 0.343. The van der Waals surface area contributed by atoms with Crippen molar-refractivity contribution < 1.29 is 23.1 Å². The van der Waals surface area contributed by atoms with E-state index in [1.165, 1.54) is 6.33 Å². The van der Waals surface area contributed by atoms with E-state index in [1.54, 1.807) is 12.4 Å². The van der Waals surface area contributed by atoms with E-state index in [1.807, 2.05) is 59.7 Å². The second-order valence-corrected chi connectivity index (χ2v) is 7.72. The number of rotatable bonds is 5. The first-order valence-corrected chi connectivity index (χ1v) is 10.8. The van der Waals surface area contributed by atoms with E-state index in [9.17, 15) is 18.4 Å². The number of alkyl halides is 3. The van der Waals surface area contributed by atoms with E-state index >= 15 is 0 Å². The molecular weight excluding hydrogens is 487 g/mol. The Morgan fingerprint density at radius 1 is 1.11 bits per heavy atom. The molecule has 5 aromatic rings. The number of benzene rings is 1. The van der Waals surface area contributed by atoms with Crippen molar-refractivity contribution in [1.82, 2.24) is 29.7 Å². The number of aromatic amines is 1. The Morgan fingerprint density at radius 2 is 1.89 bits per heavy atom. The zero-order valence-electron chi connectivity index (χ0n) is 19.0. The maximum atomic E-state index is 10.6. The maximum absolute atomic E-state index is 10.6. The molecule has 0 aliphatic rings. The molecule has 12 heteroatoms. The van der Waals surface area contributed by atoms with E-state index in [2.05, 4.69) is 37.2 Å². The fourth-order valence-electron chi connectivity index (χ4n) is 3.64. The molecule has 1 unspecified atom stereocenters. The molecule has 0 amide bonds. The number of carboxylic acids is 1. The molecule has 1 aromatic carbocycles. The summed E-state index contributed by atoms with van der Waals surface area (Å²) in [7, 11) is 0. The largest absolute Gasteiger partial charge is 0.490 e. The molecule has 37 heavy (non-hydrogen) atoms. The zero-order chi connectivity index (χ0) is 26.4. The standard InChI is InChI=1S/C23H17N7.C2HF3O2/c24-8-6-21(17-4-1-3-16(11-17)18-5-2-9-25-12-18)30-14-19(13-29-30)22-20-7-10-26-23(20)28-15-27-22;3-2(4,5)1(6)7/h1-5,7,9-15,21H,6H2,(H,26,27,28);(H,6,7). The van der Waals surface area contributed by atoms with Crippen LogP contribution in [-0.2, 0) is 4.79 Å². The molecule has 0 aliphatic heterocycles. The molecule has 4 aromatic heterocycles. The van der Waals surface area contributed by atoms with Gasteiger partial charge in [-0.25, -0.2) is 14.8 Å². The maximum Gasteiger partial charge on any atom is 0.490 e. The highest BCUT2D eigenvalue weighted by Gasteiger charge is 2.38. The van der Waals surface area contributed by atoms with Crippen LogP contribution in [0, 0.1) is 11.3 Å². The van der Waals surface area contributed by atoms with Crippen molar-refractivity contribution in [2.45, 2.75) is 18.6 Å². The Bertz CT molecular complexity index is 1560. The average Bonchev–Trinajstić information content (AvgIpc) is 3.58. The third-order valence-corrected chi connectivity index (χ3v) is 5.34. The Morgan fingerprint density at radius 3 is 2.59 bits per heavy atom. The van der Waals surface area contributed by atoms with E-state index in [0.29, 0.717) is 6.42 Å². The molecule has 9 nitrogen and oxygen atoms in total. The van der Waals surface area contributed by atoms with E-state index in [-0.39, 0.29) is 6.04 Å². The predicted molar refractivity (Wildman–Crippen MR) is 127 cm³/mol. The zero-order valence-corrected chi connectivity index (χ0v) is 19.0. The summed E-state index contributed by atoms with van der Waals surface area (Å²) in [5.74, 6) is -2.76. The average molecular weight is 505 g/mol. The van der Waals surface area contributed by atoms with Crippen LogP contribution in [-0.4, -0.2) is 47.0 Å². The third-order valence-electron chi connectivity index (χ3n) is 5.34. The fraction of sp³-hybridized carbons (Fsp3) is 0.120. The summed E-state index contributed by atoms with van der Waals surface area (Å²) < 4.78 is 33.6. The molecule has 0 radical (unpaired) electrons. The number of nitrogens with one attached hydrogen (secondary N) is 1. The van der Waals surface area contributed by atoms with Gasteiger partial charge < -0.3 is 10.1 Å². The number of fused-ring (bicyclic) bond motifs is 1. The lowest BCUT2D eigenvalue weighted by Crippen LogP contribution is -2.21. The molecule has 0 aliphatic carbocycles. The summed E-state index contributed by atoms with van der Waals surface area (Å²) >= 11 is 0. The molecule has 0 bridgehead atoms. The predicted octanol–water partition coefficient (Wildman–Crippen LogP) is 5.02. The Hall–Kier alpha value is -5.05. The summed E-state index contributed by atoms with van der Waals surface area (Å²) in [5, 5.41) is 22.1. The van der Waals surface area contributed by atoms with Gasteiger partial charge in [0.15, 0.2) is 0 Å². The number of hydrogen-bond acceptors (Lipinski definition) is 6. The molecule has 0 spiro atoms. The highest BCUT2D eigenvalue weighted by Crippen LogP contribution is 2.29. The van der Waals surface area contributed by atoms with Gasteiger partial charge in [0.2, 0.25) is 0 Å². The highest BCUT2D eigenvalue weighted by atomic mass is 19.4. The van der Waals surface area contributed by atoms with Gasteiger partial charge in [-0.2, -0.15) is 23.5 Å². The molecule has 4 heterocycles. The second-order valence-electron chi connectivity index (χ2n) is 7.72. The van der Waals surface area contributed by atoms with Gasteiger partial charge in [-0.1, -0.05) is 24.3 Å². The van der Waals surface area contributed by atoms with Crippen LogP contribution in [0.25, 0.3) is 33.4 Å². The third kappa shape index (κ3) is 5.79. The Labute approximate surface area is 207 Å². The number of hydrogen-bond donors (Lipinski definition) is 2. The first-order chi connectivity index (χ1) is 17.8. The summed E-state index contributed by atoms with van der Waals surface area (Å²) in [6, 6.07) is 16.1. The molecule has 0 saturated carbocycles. The van der Waals surface area contributed by atoms with Gasteiger partial charge in [0, 0.05) is 35.7 Å². The van der Waals surface area contributed by atoms with Crippen LogP contribution in [0.1, 0.15) is 18.0 Å². The number of aliphatic carboxylic acids is 1. The minimum atomic E-state index is -5.08. The van der Waals surface area contributed by atoms with E-state index in [0.717, 1.165) is 39.0 Å². The number of carboxylic acid groups (broad SMARTS) is 1. The Kier molecular flexibility index (Phi) is 7.24. The smallest absolute Gasteiger partial charge is 0.475 e. The number of pyridine rings is 1. The van der Waals surface area contributed by atoms with Crippen LogP contribution in [0.15, 0.2) is 79.8 Å². The number of aromatic nitrogens is 6. The molecule has 5 rings (SSSR count). The molecule has 0 fully saturated rings. The summed E-state index contributed by atoms with van der Waals surface area (Å²) in [6.45, 7) is 0. The summed E-state index contributed by atoms with van der Waals surface area (Å²) in [6.07, 6.45) is 5.91. The van der Waals surface area contributed by atoms with Crippen molar-refractivity contribution in [2.75, 3.05) is 0 Å². The topological polar surface area (TPSA) is 133 Å². The normalized spacial score (nSPS) is 11.8. The molecule has 0 saturated heterocycles. The van der Waals surface area contributed by atoms with Crippen LogP contribution in [0.4, 0.5) is 13.2 Å². The lowest BCUT2D eigenvalue weighted by molar-refractivity contribution is -0.192. The number of nitrogens with zero attached hydrogens (tertiary/aromatic N) is 6.